The normalized spacial score (nSPS) is 14.3. The minimum atomic E-state index is 0.123. The number of carbonyl (C=O) groups is 1. The Kier molecular flexibility index (Phi) is 4.61. The Hall–Kier alpha value is -2.29. The third kappa shape index (κ3) is 3.97. The van der Waals surface area contributed by atoms with Crippen LogP contribution in [0.5, 0.6) is 11.5 Å². The zero-order chi connectivity index (χ0) is 17.2. The number of hydrogen-bond acceptors (Lipinski definition) is 2. The van der Waals surface area contributed by atoms with Crippen molar-refractivity contribution in [1.29, 1.82) is 0 Å². The molecule has 3 nitrogen and oxygen atoms in total. The maximum Gasteiger partial charge on any atom is 0.227 e. The van der Waals surface area contributed by atoms with Crippen LogP contribution in [0.4, 0.5) is 5.69 Å². The summed E-state index contributed by atoms with van der Waals surface area (Å²) in [4.78, 5) is 11.7. The molecule has 1 fully saturated rings. The van der Waals surface area contributed by atoms with Gasteiger partial charge in [0.25, 0.3) is 0 Å². The largest absolute Gasteiger partial charge is 0.457 e. The summed E-state index contributed by atoms with van der Waals surface area (Å²) in [5.41, 5.74) is 2.31. The van der Waals surface area contributed by atoms with E-state index in [1.807, 2.05) is 36.4 Å². The van der Waals surface area contributed by atoms with Gasteiger partial charge in [0, 0.05) is 11.6 Å². The molecule has 2 aromatic carbocycles. The average molecular weight is 323 g/mol. The molecule has 1 saturated carbocycles. The molecule has 2 aromatic rings. The van der Waals surface area contributed by atoms with Crippen LogP contribution in [0.3, 0.4) is 0 Å². The minimum Gasteiger partial charge on any atom is -0.457 e. The quantitative estimate of drug-likeness (QED) is 0.760. The van der Waals surface area contributed by atoms with Crippen LogP contribution in [0.2, 0.25) is 0 Å². The second-order valence-electron chi connectivity index (χ2n) is 7.15. The monoisotopic (exact) mass is 323 g/mol. The number of carbonyl (C=O) groups excluding carboxylic acids is 1. The molecule has 1 N–H and O–H groups in total. The highest BCUT2D eigenvalue weighted by Crippen LogP contribution is 2.31. The standard InChI is InChI=1S/C21H25NO2/c1-4-21(2,3)16-7-11-18(12-8-16)24-19-13-9-17(10-14-19)22-20(23)15-5-6-15/h7-15H,4-6H2,1-3H3,(H,22,23). The first-order valence-corrected chi connectivity index (χ1v) is 8.67. The number of ether oxygens (including phenoxy) is 1. The molecule has 0 heterocycles. The first kappa shape index (κ1) is 16.6. The molecule has 3 heteroatoms. The Morgan fingerprint density at radius 2 is 1.58 bits per heavy atom. The Labute approximate surface area is 144 Å². The van der Waals surface area contributed by atoms with E-state index in [0.29, 0.717) is 0 Å². The van der Waals surface area contributed by atoms with Crippen LogP contribution in [0.15, 0.2) is 48.5 Å². The van der Waals surface area contributed by atoms with Gasteiger partial charge in [0.05, 0.1) is 0 Å². The van der Waals surface area contributed by atoms with E-state index in [2.05, 4.69) is 38.2 Å². The summed E-state index contributed by atoms with van der Waals surface area (Å²) in [6.45, 7) is 6.70. The van der Waals surface area contributed by atoms with Crippen molar-refractivity contribution in [3.05, 3.63) is 54.1 Å². The molecule has 1 aliphatic rings. The van der Waals surface area contributed by atoms with Gasteiger partial charge in [0.2, 0.25) is 5.91 Å². The lowest BCUT2D eigenvalue weighted by Gasteiger charge is -2.23. The van der Waals surface area contributed by atoms with E-state index in [1.54, 1.807) is 0 Å². The van der Waals surface area contributed by atoms with Gasteiger partial charge in [-0.25, -0.2) is 0 Å². The summed E-state index contributed by atoms with van der Waals surface area (Å²) in [5.74, 6) is 1.92. The summed E-state index contributed by atoms with van der Waals surface area (Å²) in [6, 6.07) is 15.8. The number of amides is 1. The van der Waals surface area contributed by atoms with Gasteiger partial charge in [-0.2, -0.15) is 0 Å². The van der Waals surface area contributed by atoms with E-state index in [9.17, 15) is 4.79 Å². The van der Waals surface area contributed by atoms with E-state index in [-0.39, 0.29) is 17.2 Å². The van der Waals surface area contributed by atoms with Crippen molar-refractivity contribution < 1.29 is 9.53 Å². The molecule has 1 aliphatic carbocycles. The fourth-order valence-corrected chi connectivity index (χ4v) is 2.51. The molecule has 126 valence electrons. The highest BCUT2D eigenvalue weighted by Gasteiger charge is 2.29. The van der Waals surface area contributed by atoms with E-state index in [4.69, 9.17) is 4.74 Å². The van der Waals surface area contributed by atoms with Gasteiger partial charge in [-0.15, -0.1) is 0 Å². The SMILES string of the molecule is CCC(C)(C)c1ccc(Oc2ccc(NC(=O)C3CC3)cc2)cc1. The Morgan fingerprint density at radius 1 is 1.04 bits per heavy atom. The van der Waals surface area contributed by atoms with Crippen molar-refractivity contribution in [3.63, 3.8) is 0 Å². The lowest BCUT2D eigenvalue weighted by atomic mass is 9.82. The van der Waals surface area contributed by atoms with Gasteiger partial charge in [-0.1, -0.05) is 32.9 Å². The molecule has 0 spiro atoms. The third-order valence-corrected chi connectivity index (χ3v) is 4.83. The second-order valence-corrected chi connectivity index (χ2v) is 7.15. The number of hydrogen-bond donors (Lipinski definition) is 1. The van der Waals surface area contributed by atoms with Crippen LogP contribution in [0.25, 0.3) is 0 Å². The summed E-state index contributed by atoms with van der Waals surface area (Å²) in [6.07, 6.45) is 3.12. The first-order valence-electron chi connectivity index (χ1n) is 8.67. The van der Waals surface area contributed by atoms with E-state index in [1.165, 1.54) is 5.56 Å². The Morgan fingerprint density at radius 3 is 2.08 bits per heavy atom. The molecular formula is C21H25NO2. The topological polar surface area (TPSA) is 38.3 Å². The van der Waals surface area contributed by atoms with Gasteiger partial charge < -0.3 is 10.1 Å². The van der Waals surface area contributed by atoms with Crippen LogP contribution in [0.1, 0.15) is 45.6 Å². The molecule has 0 atom stereocenters. The summed E-state index contributed by atoms with van der Waals surface area (Å²) < 4.78 is 5.89. The van der Waals surface area contributed by atoms with Crippen molar-refractivity contribution in [3.8, 4) is 11.5 Å². The highest BCUT2D eigenvalue weighted by atomic mass is 16.5. The van der Waals surface area contributed by atoms with E-state index in [0.717, 1.165) is 36.4 Å². The van der Waals surface area contributed by atoms with Crippen LogP contribution < -0.4 is 10.1 Å². The zero-order valence-corrected chi connectivity index (χ0v) is 14.6. The van der Waals surface area contributed by atoms with Crippen molar-refractivity contribution >= 4 is 11.6 Å². The lowest BCUT2D eigenvalue weighted by molar-refractivity contribution is -0.117. The molecule has 0 aliphatic heterocycles. The average Bonchev–Trinajstić information content (AvgIpc) is 3.42. The first-order chi connectivity index (χ1) is 11.5. The van der Waals surface area contributed by atoms with Gasteiger partial charge in [-0.3, -0.25) is 4.79 Å². The second kappa shape index (κ2) is 6.68. The van der Waals surface area contributed by atoms with Crippen molar-refractivity contribution in [2.45, 2.75) is 45.4 Å². The molecule has 1 amide bonds. The van der Waals surface area contributed by atoms with Crippen molar-refractivity contribution in [2.24, 2.45) is 5.92 Å². The summed E-state index contributed by atoms with van der Waals surface area (Å²) in [7, 11) is 0. The molecule has 0 aromatic heterocycles. The van der Waals surface area contributed by atoms with Crippen molar-refractivity contribution in [2.75, 3.05) is 5.32 Å². The number of benzene rings is 2. The van der Waals surface area contributed by atoms with Gasteiger partial charge in [-0.05, 0) is 66.6 Å². The van der Waals surface area contributed by atoms with Crippen LogP contribution in [0, 0.1) is 5.92 Å². The zero-order valence-electron chi connectivity index (χ0n) is 14.6. The van der Waals surface area contributed by atoms with Crippen LogP contribution in [-0.4, -0.2) is 5.91 Å². The maximum atomic E-state index is 11.7. The molecular weight excluding hydrogens is 298 g/mol. The fraction of sp³-hybridized carbons (Fsp3) is 0.381. The Bertz CT molecular complexity index is 698. The number of anilines is 1. The molecule has 0 bridgehead atoms. The lowest BCUT2D eigenvalue weighted by Crippen LogP contribution is -2.14. The van der Waals surface area contributed by atoms with E-state index < -0.39 is 0 Å². The molecule has 0 radical (unpaired) electrons. The van der Waals surface area contributed by atoms with Gasteiger partial charge in [0.1, 0.15) is 11.5 Å². The maximum absolute atomic E-state index is 11.7. The number of nitrogens with one attached hydrogen (secondary N) is 1. The number of rotatable bonds is 6. The molecule has 3 rings (SSSR count). The fourth-order valence-electron chi connectivity index (χ4n) is 2.51. The smallest absolute Gasteiger partial charge is 0.227 e. The third-order valence-electron chi connectivity index (χ3n) is 4.83. The molecule has 24 heavy (non-hydrogen) atoms. The van der Waals surface area contributed by atoms with Gasteiger partial charge >= 0.3 is 0 Å². The molecule has 0 unspecified atom stereocenters. The summed E-state index contributed by atoms with van der Waals surface area (Å²) >= 11 is 0. The van der Waals surface area contributed by atoms with Crippen LogP contribution >= 0.6 is 0 Å². The predicted molar refractivity (Wildman–Crippen MR) is 97.6 cm³/mol. The van der Waals surface area contributed by atoms with Gasteiger partial charge in [0.15, 0.2) is 0 Å². The minimum absolute atomic E-state index is 0.123. The van der Waals surface area contributed by atoms with E-state index >= 15 is 0 Å². The Balaban J connectivity index is 1.62. The van der Waals surface area contributed by atoms with Crippen LogP contribution in [-0.2, 0) is 10.2 Å². The molecule has 0 saturated heterocycles. The summed E-state index contributed by atoms with van der Waals surface area (Å²) in [5, 5.41) is 2.93. The predicted octanol–water partition coefficient (Wildman–Crippen LogP) is 5.52. The van der Waals surface area contributed by atoms with Crippen molar-refractivity contribution in [1.82, 2.24) is 0 Å². The highest BCUT2D eigenvalue weighted by molar-refractivity contribution is 5.94.